The Kier molecular flexibility index (Phi) is 7.49. The second-order valence-corrected chi connectivity index (χ2v) is 6.83. The van der Waals surface area contributed by atoms with Crippen molar-refractivity contribution < 1.29 is 9.59 Å². The van der Waals surface area contributed by atoms with Gasteiger partial charge in [-0.15, -0.1) is 0 Å². The van der Waals surface area contributed by atoms with Gasteiger partial charge in [-0.2, -0.15) is 0 Å². The van der Waals surface area contributed by atoms with Gasteiger partial charge in [0.15, 0.2) is 0 Å². The molecule has 0 aliphatic heterocycles. The molecule has 2 amide bonds. The molecule has 0 bridgehead atoms. The number of halogens is 2. The van der Waals surface area contributed by atoms with Crippen LogP contribution < -0.4 is 5.32 Å². The SMILES string of the molecule is CCC(=O)N(Cc1ccccc1)C(C)C(=O)NCc1ccc(Cl)cc1Cl. The van der Waals surface area contributed by atoms with E-state index in [2.05, 4.69) is 5.32 Å². The van der Waals surface area contributed by atoms with Crippen molar-refractivity contribution in [3.63, 3.8) is 0 Å². The molecular formula is C20H22Cl2N2O2. The number of carbonyl (C=O) groups is 2. The summed E-state index contributed by atoms with van der Waals surface area (Å²) in [5.41, 5.74) is 1.75. The number of nitrogens with one attached hydrogen (secondary N) is 1. The van der Waals surface area contributed by atoms with Gasteiger partial charge in [0.05, 0.1) is 0 Å². The molecule has 0 spiro atoms. The van der Waals surface area contributed by atoms with Gasteiger partial charge < -0.3 is 10.2 Å². The third-order valence-electron chi connectivity index (χ3n) is 4.13. The van der Waals surface area contributed by atoms with E-state index in [9.17, 15) is 9.59 Å². The minimum Gasteiger partial charge on any atom is -0.350 e. The maximum atomic E-state index is 12.6. The van der Waals surface area contributed by atoms with Crippen molar-refractivity contribution in [2.75, 3.05) is 0 Å². The number of carbonyl (C=O) groups excluding carboxylic acids is 2. The topological polar surface area (TPSA) is 49.4 Å². The summed E-state index contributed by atoms with van der Waals surface area (Å²) in [5.74, 6) is -0.297. The molecular weight excluding hydrogens is 371 g/mol. The van der Waals surface area contributed by atoms with Crippen LogP contribution in [0.15, 0.2) is 48.5 Å². The molecule has 138 valence electrons. The van der Waals surface area contributed by atoms with E-state index in [0.717, 1.165) is 11.1 Å². The summed E-state index contributed by atoms with van der Waals surface area (Å²) in [4.78, 5) is 26.5. The van der Waals surface area contributed by atoms with Crippen molar-refractivity contribution in [2.45, 2.75) is 39.4 Å². The third kappa shape index (κ3) is 5.48. The van der Waals surface area contributed by atoms with E-state index in [1.54, 1.807) is 36.9 Å². The van der Waals surface area contributed by atoms with Crippen LogP contribution in [-0.2, 0) is 22.7 Å². The molecule has 0 aromatic heterocycles. The van der Waals surface area contributed by atoms with E-state index in [1.807, 2.05) is 30.3 Å². The number of nitrogens with zero attached hydrogens (tertiary/aromatic N) is 1. The number of amides is 2. The van der Waals surface area contributed by atoms with Gasteiger partial charge in [0.2, 0.25) is 11.8 Å². The van der Waals surface area contributed by atoms with Crippen LogP contribution in [-0.4, -0.2) is 22.8 Å². The Morgan fingerprint density at radius 2 is 1.81 bits per heavy atom. The second-order valence-electron chi connectivity index (χ2n) is 5.99. The van der Waals surface area contributed by atoms with Crippen molar-refractivity contribution in [1.82, 2.24) is 10.2 Å². The second kappa shape index (κ2) is 9.60. The van der Waals surface area contributed by atoms with Crippen LogP contribution in [0, 0.1) is 0 Å². The summed E-state index contributed by atoms with van der Waals surface area (Å²) in [6.45, 7) is 4.19. The molecule has 26 heavy (non-hydrogen) atoms. The molecule has 0 saturated heterocycles. The Hall–Kier alpha value is -2.04. The molecule has 4 nitrogen and oxygen atoms in total. The summed E-state index contributed by atoms with van der Waals surface area (Å²) in [6.07, 6.45) is 0.341. The van der Waals surface area contributed by atoms with Crippen LogP contribution in [0.2, 0.25) is 10.0 Å². The van der Waals surface area contributed by atoms with Gasteiger partial charge in [-0.25, -0.2) is 0 Å². The molecule has 1 atom stereocenters. The number of benzene rings is 2. The number of hydrogen-bond acceptors (Lipinski definition) is 2. The van der Waals surface area contributed by atoms with Gasteiger partial charge in [-0.05, 0) is 30.2 Å². The highest BCUT2D eigenvalue weighted by Crippen LogP contribution is 2.21. The van der Waals surface area contributed by atoms with Crippen molar-refractivity contribution in [2.24, 2.45) is 0 Å². The van der Waals surface area contributed by atoms with Crippen molar-refractivity contribution in [1.29, 1.82) is 0 Å². The monoisotopic (exact) mass is 392 g/mol. The van der Waals surface area contributed by atoms with Gasteiger partial charge in [0.25, 0.3) is 0 Å². The van der Waals surface area contributed by atoms with Gasteiger partial charge in [-0.1, -0.05) is 66.5 Å². The van der Waals surface area contributed by atoms with E-state index < -0.39 is 6.04 Å². The van der Waals surface area contributed by atoms with Crippen molar-refractivity contribution in [3.05, 3.63) is 69.7 Å². The first kappa shape index (κ1) is 20.3. The van der Waals surface area contributed by atoms with Crippen LogP contribution in [0.5, 0.6) is 0 Å². The molecule has 2 aromatic rings. The predicted molar refractivity (Wildman–Crippen MR) is 105 cm³/mol. The fourth-order valence-corrected chi connectivity index (χ4v) is 3.04. The van der Waals surface area contributed by atoms with Crippen LogP contribution in [0.4, 0.5) is 0 Å². The number of rotatable bonds is 7. The average molecular weight is 393 g/mol. The van der Waals surface area contributed by atoms with Gasteiger partial charge in [0.1, 0.15) is 6.04 Å². The largest absolute Gasteiger partial charge is 0.350 e. The highest BCUT2D eigenvalue weighted by atomic mass is 35.5. The van der Waals surface area contributed by atoms with E-state index in [4.69, 9.17) is 23.2 Å². The minimum atomic E-state index is -0.589. The van der Waals surface area contributed by atoms with E-state index in [0.29, 0.717) is 23.0 Å². The van der Waals surface area contributed by atoms with E-state index >= 15 is 0 Å². The van der Waals surface area contributed by atoms with Gasteiger partial charge in [-0.3, -0.25) is 9.59 Å². The van der Waals surface area contributed by atoms with Crippen LogP contribution >= 0.6 is 23.2 Å². The molecule has 0 fully saturated rings. The molecule has 0 radical (unpaired) electrons. The summed E-state index contributed by atoms with van der Waals surface area (Å²) in [7, 11) is 0. The molecule has 1 N–H and O–H groups in total. The Bertz CT molecular complexity index is 766. The van der Waals surface area contributed by atoms with Gasteiger partial charge >= 0.3 is 0 Å². The zero-order chi connectivity index (χ0) is 19.1. The maximum Gasteiger partial charge on any atom is 0.242 e. The minimum absolute atomic E-state index is 0.0685. The highest BCUT2D eigenvalue weighted by Gasteiger charge is 2.25. The lowest BCUT2D eigenvalue weighted by atomic mass is 10.1. The predicted octanol–water partition coefficient (Wildman–Crippen LogP) is 4.44. The van der Waals surface area contributed by atoms with E-state index in [1.165, 1.54) is 0 Å². The fourth-order valence-electron chi connectivity index (χ4n) is 2.56. The molecule has 0 aliphatic rings. The van der Waals surface area contributed by atoms with Crippen LogP contribution in [0.25, 0.3) is 0 Å². The zero-order valence-corrected chi connectivity index (χ0v) is 16.3. The Morgan fingerprint density at radius 1 is 1.12 bits per heavy atom. The van der Waals surface area contributed by atoms with Crippen molar-refractivity contribution >= 4 is 35.0 Å². The quantitative estimate of drug-likeness (QED) is 0.756. The fraction of sp³-hybridized carbons (Fsp3) is 0.300. The molecule has 0 aliphatic carbocycles. The molecule has 1 unspecified atom stereocenters. The zero-order valence-electron chi connectivity index (χ0n) is 14.8. The maximum absolute atomic E-state index is 12.6. The highest BCUT2D eigenvalue weighted by molar-refractivity contribution is 6.35. The molecule has 2 aromatic carbocycles. The number of hydrogen-bond donors (Lipinski definition) is 1. The standard InChI is InChI=1S/C20H22Cl2N2O2/c1-3-19(25)24(13-15-7-5-4-6-8-15)14(2)20(26)23-12-16-9-10-17(21)11-18(16)22/h4-11,14H,3,12-13H2,1-2H3,(H,23,26). The summed E-state index contributed by atoms with van der Waals surface area (Å²) < 4.78 is 0. The van der Waals surface area contributed by atoms with Crippen LogP contribution in [0.1, 0.15) is 31.4 Å². The first-order chi connectivity index (χ1) is 12.4. The summed E-state index contributed by atoms with van der Waals surface area (Å²) in [6, 6.07) is 14.2. The summed E-state index contributed by atoms with van der Waals surface area (Å²) >= 11 is 12.0. The van der Waals surface area contributed by atoms with E-state index in [-0.39, 0.29) is 18.4 Å². The van der Waals surface area contributed by atoms with Crippen LogP contribution in [0.3, 0.4) is 0 Å². The molecule has 6 heteroatoms. The molecule has 0 saturated carbocycles. The smallest absolute Gasteiger partial charge is 0.242 e. The Labute approximate surface area is 164 Å². The Balaban J connectivity index is 2.05. The normalized spacial score (nSPS) is 11.7. The third-order valence-corrected chi connectivity index (χ3v) is 4.72. The van der Waals surface area contributed by atoms with Gasteiger partial charge in [0, 0.05) is 29.6 Å². The lowest BCUT2D eigenvalue weighted by Gasteiger charge is -2.28. The lowest BCUT2D eigenvalue weighted by Crippen LogP contribution is -2.47. The molecule has 2 rings (SSSR count). The first-order valence-electron chi connectivity index (χ1n) is 8.47. The first-order valence-corrected chi connectivity index (χ1v) is 9.23. The Morgan fingerprint density at radius 3 is 2.42 bits per heavy atom. The lowest BCUT2D eigenvalue weighted by molar-refractivity contribution is -0.140. The average Bonchev–Trinajstić information content (AvgIpc) is 2.64. The summed E-state index contributed by atoms with van der Waals surface area (Å²) in [5, 5.41) is 3.88. The molecule has 0 heterocycles. The van der Waals surface area contributed by atoms with Crippen molar-refractivity contribution in [3.8, 4) is 0 Å².